The van der Waals surface area contributed by atoms with Gasteiger partial charge in [-0.2, -0.15) is 0 Å². The quantitative estimate of drug-likeness (QED) is 0.328. The summed E-state index contributed by atoms with van der Waals surface area (Å²) in [7, 11) is 0. The molecule has 3 N–H and O–H groups in total. The molecule has 0 atom stereocenters. The molecule has 0 aliphatic heterocycles. The van der Waals surface area contributed by atoms with Crippen molar-refractivity contribution < 1.29 is 9.59 Å². The van der Waals surface area contributed by atoms with E-state index < -0.39 is 0 Å². The molecule has 6 heteroatoms. The van der Waals surface area contributed by atoms with Gasteiger partial charge < -0.3 is 15.6 Å². The molecule has 1 aliphatic carbocycles. The van der Waals surface area contributed by atoms with Gasteiger partial charge >= 0.3 is 0 Å². The summed E-state index contributed by atoms with van der Waals surface area (Å²) < 4.78 is 0. The SMILES string of the molecule is O=C(Nc1ccccc1)c1ccc2nc(-c3ccc(C(=O)NC4CCCCCC4)cc3)[nH]c2c1. The highest BCUT2D eigenvalue weighted by Gasteiger charge is 2.16. The van der Waals surface area contributed by atoms with Crippen LogP contribution in [0.15, 0.2) is 72.8 Å². The number of amides is 2. The molecular weight excluding hydrogens is 424 g/mol. The van der Waals surface area contributed by atoms with Gasteiger partial charge in [-0.1, -0.05) is 56.0 Å². The van der Waals surface area contributed by atoms with Gasteiger partial charge in [0.25, 0.3) is 11.8 Å². The molecule has 5 rings (SSSR count). The number of imidazole rings is 1. The number of carbonyl (C=O) groups is 2. The Bertz CT molecular complexity index is 1290. The first-order valence-corrected chi connectivity index (χ1v) is 11.9. The molecule has 0 radical (unpaired) electrons. The second kappa shape index (κ2) is 9.91. The summed E-state index contributed by atoms with van der Waals surface area (Å²) in [6.07, 6.45) is 7.02. The zero-order valence-electron chi connectivity index (χ0n) is 19.0. The summed E-state index contributed by atoms with van der Waals surface area (Å²) in [5.41, 5.74) is 4.41. The first-order valence-electron chi connectivity index (χ1n) is 11.9. The van der Waals surface area contributed by atoms with Crippen LogP contribution < -0.4 is 10.6 Å². The molecular formula is C28H28N4O2. The van der Waals surface area contributed by atoms with Crippen molar-refractivity contribution in [2.24, 2.45) is 0 Å². The minimum Gasteiger partial charge on any atom is -0.349 e. The number of para-hydroxylation sites is 1. The Hall–Kier alpha value is -3.93. The van der Waals surface area contributed by atoms with Gasteiger partial charge in [0, 0.05) is 28.4 Å². The van der Waals surface area contributed by atoms with Gasteiger partial charge in [0.05, 0.1) is 11.0 Å². The van der Waals surface area contributed by atoms with Crippen LogP contribution in [-0.4, -0.2) is 27.8 Å². The van der Waals surface area contributed by atoms with Crippen molar-refractivity contribution in [2.45, 2.75) is 44.6 Å². The van der Waals surface area contributed by atoms with Gasteiger partial charge in [-0.15, -0.1) is 0 Å². The Kier molecular flexibility index (Phi) is 6.38. The van der Waals surface area contributed by atoms with Crippen molar-refractivity contribution in [3.8, 4) is 11.4 Å². The second-order valence-corrected chi connectivity index (χ2v) is 8.88. The fourth-order valence-electron chi connectivity index (χ4n) is 4.48. The van der Waals surface area contributed by atoms with Crippen molar-refractivity contribution >= 4 is 28.5 Å². The van der Waals surface area contributed by atoms with Crippen LogP contribution in [0.4, 0.5) is 5.69 Å². The van der Waals surface area contributed by atoms with Crippen LogP contribution in [0, 0.1) is 0 Å². The first kappa shape index (κ1) is 21.9. The number of anilines is 1. The number of nitrogens with zero attached hydrogens (tertiary/aromatic N) is 1. The summed E-state index contributed by atoms with van der Waals surface area (Å²) in [5, 5.41) is 6.09. The van der Waals surface area contributed by atoms with E-state index in [2.05, 4.69) is 20.6 Å². The van der Waals surface area contributed by atoms with Gasteiger partial charge in [0.15, 0.2) is 0 Å². The molecule has 0 spiro atoms. The molecule has 2 amide bonds. The summed E-state index contributed by atoms with van der Waals surface area (Å²) in [4.78, 5) is 33.2. The van der Waals surface area contributed by atoms with E-state index in [0.29, 0.717) is 17.0 Å². The van der Waals surface area contributed by atoms with Gasteiger partial charge in [-0.25, -0.2) is 4.98 Å². The molecule has 1 heterocycles. The average Bonchev–Trinajstić information content (AvgIpc) is 3.13. The lowest BCUT2D eigenvalue weighted by molar-refractivity contribution is 0.0932. The van der Waals surface area contributed by atoms with Crippen LogP contribution in [0.5, 0.6) is 0 Å². The van der Waals surface area contributed by atoms with Crippen molar-refractivity contribution in [1.82, 2.24) is 15.3 Å². The lowest BCUT2D eigenvalue weighted by atomic mass is 10.1. The number of nitrogens with one attached hydrogen (secondary N) is 3. The van der Waals surface area contributed by atoms with E-state index in [1.165, 1.54) is 25.7 Å². The van der Waals surface area contributed by atoms with E-state index >= 15 is 0 Å². The summed E-state index contributed by atoms with van der Waals surface area (Å²) in [5.74, 6) is 0.511. The van der Waals surface area contributed by atoms with Crippen LogP contribution in [0.3, 0.4) is 0 Å². The lowest BCUT2D eigenvalue weighted by Crippen LogP contribution is -2.34. The largest absolute Gasteiger partial charge is 0.349 e. The van der Waals surface area contributed by atoms with Crippen LogP contribution in [0.25, 0.3) is 22.4 Å². The Morgan fingerprint density at radius 3 is 2.24 bits per heavy atom. The maximum absolute atomic E-state index is 12.7. The van der Waals surface area contributed by atoms with Crippen LogP contribution >= 0.6 is 0 Å². The van der Waals surface area contributed by atoms with E-state index in [1.807, 2.05) is 60.7 Å². The van der Waals surface area contributed by atoms with Crippen LogP contribution in [-0.2, 0) is 0 Å². The van der Waals surface area contributed by atoms with E-state index in [1.54, 1.807) is 12.1 Å². The number of rotatable bonds is 5. The van der Waals surface area contributed by atoms with E-state index in [9.17, 15) is 9.59 Å². The van der Waals surface area contributed by atoms with Crippen molar-refractivity contribution in [2.75, 3.05) is 5.32 Å². The highest BCUT2D eigenvalue weighted by molar-refractivity contribution is 6.06. The molecule has 34 heavy (non-hydrogen) atoms. The number of aromatic nitrogens is 2. The number of aromatic amines is 1. The highest BCUT2D eigenvalue weighted by atomic mass is 16.2. The summed E-state index contributed by atoms with van der Waals surface area (Å²) >= 11 is 0. The zero-order chi connectivity index (χ0) is 23.3. The lowest BCUT2D eigenvalue weighted by Gasteiger charge is -2.16. The Labute approximate surface area is 198 Å². The first-order chi connectivity index (χ1) is 16.7. The summed E-state index contributed by atoms with van der Waals surface area (Å²) in [6.45, 7) is 0. The molecule has 6 nitrogen and oxygen atoms in total. The number of hydrogen-bond acceptors (Lipinski definition) is 3. The highest BCUT2D eigenvalue weighted by Crippen LogP contribution is 2.23. The molecule has 0 bridgehead atoms. The minimum absolute atomic E-state index is 0.0165. The Morgan fingerprint density at radius 2 is 1.50 bits per heavy atom. The predicted molar refractivity (Wildman–Crippen MR) is 135 cm³/mol. The normalized spacial score (nSPS) is 14.5. The van der Waals surface area contributed by atoms with Crippen molar-refractivity contribution in [3.63, 3.8) is 0 Å². The average molecular weight is 453 g/mol. The third-order valence-electron chi connectivity index (χ3n) is 6.39. The Morgan fingerprint density at radius 1 is 0.794 bits per heavy atom. The molecule has 1 fully saturated rings. The van der Waals surface area contributed by atoms with Gasteiger partial charge in [-0.3, -0.25) is 9.59 Å². The molecule has 4 aromatic rings. The van der Waals surface area contributed by atoms with Crippen LogP contribution in [0.2, 0.25) is 0 Å². The van der Waals surface area contributed by atoms with Gasteiger partial charge in [0.1, 0.15) is 5.82 Å². The maximum Gasteiger partial charge on any atom is 0.255 e. The van der Waals surface area contributed by atoms with Crippen molar-refractivity contribution in [1.29, 1.82) is 0 Å². The Balaban J connectivity index is 1.29. The monoisotopic (exact) mass is 452 g/mol. The van der Waals surface area contributed by atoms with Crippen molar-refractivity contribution in [3.05, 3.63) is 83.9 Å². The van der Waals surface area contributed by atoms with E-state index in [0.717, 1.165) is 35.1 Å². The van der Waals surface area contributed by atoms with Gasteiger partial charge in [0.2, 0.25) is 0 Å². The molecule has 1 saturated carbocycles. The predicted octanol–water partition coefficient (Wildman–Crippen LogP) is 5.93. The third-order valence-corrected chi connectivity index (χ3v) is 6.39. The maximum atomic E-state index is 12.7. The molecule has 0 saturated heterocycles. The fraction of sp³-hybridized carbons (Fsp3) is 0.250. The summed E-state index contributed by atoms with van der Waals surface area (Å²) in [6, 6.07) is 22.6. The molecule has 172 valence electrons. The molecule has 0 unspecified atom stereocenters. The number of fused-ring (bicyclic) bond motifs is 1. The van der Waals surface area contributed by atoms with E-state index in [-0.39, 0.29) is 17.9 Å². The number of benzene rings is 3. The fourth-order valence-corrected chi connectivity index (χ4v) is 4.48. The zero-order valence-corrected chi connectivity index (χ0v) is 19.0. The third kappa shape index (κ3) is 5.01. The number of carbonyl (C=O) groups excluding carboxylic acids is 2. The van der Waals surface area contributed by atoms with E-state index in [4.69, 9.17) is 0 Å². The standard InChI is InChI=1S/C28H28N4O2/c33-27(29-22-8-4-1-2-5-9-22)20-14-12-19(13-15-20)26-31-24-17-16-21(18-25(24)32-26)28(34)30-23-10-6-3-7-11-23/h3,6-7,10-18,22H,1-2,4-5,8-9H2,(H,29,33)(H,30,34)(H,31,32). The molecule has 3 aromatic carbocycles. The topological polar surface area (TPSA) is 86.9 Å². The second-order valence-electron chi connectivity index (χ2n) is 8.88. The molecule has 1 aromatic heterocycles. The van der Waals surface area contributed by atoms with Crippen LogP contribution in [0.1, 0.15) is 59.2 Å². The molecule has 1 aliphatic rings. The minimum atomic E-state index is -0.173. The van der Waals surface area contributed by atoms with Gasteiger partial charge in [-0.05, 0) is 55.3 Å². The number of hydrogen-bond donors (Lipinski definition) is 3. The number of H-pyrrole nitrogens is 1. The smallest absolute Gasteiger partial charge is 0.255 e.